The van der Waals surface area contributed by atoms with E-state index < -0.39 is 0 Å². The van der Waals surface area contributed by atoms with Crippen LogP contribution in [0.4, 0.5) is 0 Å². The number of carbonyl (C=O) groups excluding carboxylic acids is 1. The lowest BCUT2D eigenvalue weighted by molar-refractivity contribution is 0.0923. The highest BCUT2D eigenvalue weighted by atomic mass is 16.3. The molecule has 1 heterocycles. The lowest BCUT2D eigenvalue weighted by atomic mass is 10.1. The number of aromatic hydroxyl groups is 1. The van der Waals surface area contributed by atoms with Crippen molar-refractivity contribution in [2.45, 2.75) is 13.0 Å². The Balaban J connectivity index is 2.13. The Morgan fingerprint density at radius 1 is 1.53 bits per heavy atom. The topological polar surface area (TPSA) is 61.4 Å². The van der Waals surface area contributed by atoms with E-state index in [1.165, 1.54) is 0 Å². The highest BCUT2D eigenvalue weighted by Gasteiger charge is 2.20. The molecule has 1 fully saturated rings. The molecular weight excluding hydrogens is 192 g/mol. The first-order valence-electron chi connectivity index (χ1n) is 4.98. The van der Waals surface area contributed by atoms with E-state index in [1.807, 2.05) is 0 Å². The van der Waals surface area contributed by atoms with Crippen LogP contribution in [0, 0.1) is 6.92 Å². The predicted molar refractivity (Wildman–Crippen MR) is 57.0 cm³/mol. The maximum Gasteiger partial charge on any atom is 0.251 e. The zero-order valence-electron chi connectivity index (χ0n) is 8.58. The highest BCUT2D eigenvalue weighted by Crippen LogP contribution is 2.19. The van der Waals surface area contributed by atoms with Crippen LogP contribution < -0.4 is 10.6 Å². The van der Waals surface area contributed by atoms with Gasteiger partial charge in [-0.3, -0.25) is 4.79 Å². The van der Waals surface area contributed by atoms with E-state index in [0.29, 0.717) is 11.1 Å². The molecule has 1 aliphatic heterocycles. The maximum atomic E-state index is 11.8. The largest absolute Gasteiger partial charge is 0.508 e. The molecule has 15 heavy (non-hydrogen) atoms. The molecule has 0 aromatic heterocycles. The van der Waals surface area contributed by atoms with E-state index in [0.717, 1.165) is 13.1 Å². The van der Waals surface area contributed by atoms with Gasteiger partial charge in [0.25, 0.3) is 5.91 Å². The highest BCUT2D eigenvalue weighted by molar-refractivity contribution is 5.96. The number of benzene rings is 1. The number of carbonyl (C=O) groups is 1. The summed E-state index contributed by atoms with van der Waals surface area (Å²) in [4.78, 5) is 11.8. The van der Waals surface area contributed by atoms with Gasteiger partial charge >= 0.3 is 0 Å². The molecule has 2 rings (SSSR count). The van der Waals surface area contributed by atoms with Crippen LogP contribution in [0.25, 0.3) is 0 Å². The second-order valence-corrected chi connectivity index (χ2v) is 3.78. The number of hydrogen-bond acceptors (Lipinski definition) is 3. The van der Waals surface area contributed by atoms with Gasteiger partial charge in [-0.2, -0.15) is 0 Å². The van der Waals surface area contributed by atoms with Gasteiger partial charge in [-0.15, -0.1) is 0 Å². The van der Waals surface area contributed by atoms with Crippen LogP contribution in [0.1, 0.15) is 15.9 Å². The van der Waals surface area contributed by atoms with Crippen molar-refractivity contribution >= 4 is 5.91 Å². The minimum absolute atomic E-state index is 0.116. The van der Waals surface area contributed by atoms with Gasteiger partial charge < -0.3 is 15.7 Å². The van der Waals surface area contributed by atoms with Crippen molar-refractivity contribution in [1.29, 1.82) is 0 Å². The third kappa shape index (κ3) is 1.94. The molecule has 0 bridgehead atoms. The van der Waals surface area contributed by atoms with Gasteiger partial charge in [0, 0.05) is 24.2 Å². The molecule has 0 radical (unpaired) electrons. The summed E-state index contributed by atoms with van der Waals surface area (Å²) in [5, 5.41) is 15.4. The van der Waals surface area contributed by atoms with Crippen molar-refractivity contribution in [1.82, 2.24) is 10.6 Å². The minimum atomic E-state index is -0.116. The molecular formula is C11H14N2O2. The molecule has 1 amide bonds. The van der Waals surface area contributed by atoms with Crippen LogP contribution in [0.2, 0.25) is 0 Å². The Labute approximate surface area is 88.3 Å². The molecule has 0 spiro atoms. The lowest BCUT2D eigenvalue weighted by Crippen LogP contribution is -2.57. The summed E-state index contributed by atoms with van der Waals surface area (Å²) in [6.45, 7) is 3.39. The quantitative estimate of drug-likeness (QED) is 0.656. The average molecular weight is 206 g/mol. The van der Waals surface area contributed by atoms with E-state index in [1.54, 1.807) is 25.1 Å². The second kappa shape index (κ2) is 3.90. The third-order valence-corrected chi connectivity index (χ3v) is 2.67. The van der Waals surface area contributed by atoms with Crippen molar-refractivity contribution < 1.29 is 9.90 Å². The average Bonchev–Trinajstić information content (AvgIpc) is 2.15. The monoisotopic (exact) mass is 206 g/mol. The minimum Gasteiger partial charge on any atom is -0.508 e. The number of amides is 1. The first kappa shape index (κ1) is 9.98. The van der Waals surface area contributed by atoms with Gasteiger partial charge in [0.1, 0.15) is 5.75 Å². The molecule has 1 aliphatic rings. The summed E-state index contributed by atoms with van der Waals surface area (Å²) in [7, 11) is 0. The zero-order valence-corrected chi connectivity index (χ0v) is 8.58. The number of phenols is 1. The third-order valence-electron chi connectivity index (χ3n) is 2.67. The van der Waals surface area contributed by atoms with Gasteiger partial charge in [0.15, 0.2) is 0 Å². The molecule has 1 aromatic carbocycles. The number of nitrogens with one attached hydrogen (secondary N) is 2. The summed E-state index contributed by atoms with van der Waals surface area (Å²) in [5.41, 5.74) is 1.17. The molecule has 0 atom stereocenters. The van der Waals surface area contributed by atoms with Gasteiger partial charge in [-0.05, 0) is 19.1 Å². The van der Waals surface area contributed by atoms with Crippen LogP contribution in [-0.2, 0) is 0 Å². The summed E-state index contributed by atoms with van der Waals surface area (Å²) < 4.78 is 0. The summed E-state index contributed by atoms with van der Waals surface area (Å²) in [5.74, 6) is 0.0456. The Bertz CT molecular complexity index is 386. The van der Waals surface area contributed by atoms with Crippen LogP contribution in [0.3, 0.4) is 0 Å². The fraction of sp³-hybridized carbons (Fsp3) is 0.364. The molecule has 1 saturated heterocycles. The standard InChI is InChI=1S/C11H14N2O2/c1-7-9(3-2-4-10(7)14)11(15)13-8-5-12-6-8/h2-4,8,12,14H,5-6H2,1H3,(H,13,15). The maximum absolute atomic E-state index is 11.8. The molecule has 4 nitrogen and oxygen atoms in total. The van der Waals surface area contributed by atoms with E-state index in [2.05, 4.69) is 10.6 Å². The predicted octanol–water partition coefficient (Wildman–Crippen LogP) is 0.402. The van der Waals surface area contributed by atoms with Crippen molar-refractivity contribution in [3.63, 3.8) is 0 Å². The fourth-order valence-electron chi connectivity index (χ4n) is 1.52. The summed E-state index contributed by atoms with van der Waals surface area (Å²) in [6, 6.07) is 5.20. The Morgan fingerprint density at radius 2 is 2.27 bits per heavy atom. The van der Waals surface area contributed by atoms with Crippen LogP contribution in [0.15, 0.2) is 18.2 Å². The first-order chi connectivity index (χ1) is 7.18. The SMILES string of the molecule is Cc1c(O)cccc1C(=O)NC1CNC1. The van der Waals surface area contributed by atoms with E-state index in [9.17, 15) is 9.90 Å². The smallest absolute Gasteiger partial charge is 0.251 e. The van der Waals surface area contributed by atoms with Gasteiger partial charge in [0.2, 0.25) is 0 Å². The molecule has 0 unspecified atom stereocenters. The van der Waals surface area contributed by atoms with Crippen LogP contribution in [0.5, 0.6) is 5.75 Å². The van der Waals surface area contributed by atoms with Gasteiger partial charge in [-0.1, -0.05) is 6.07 Å². The normalized spacial score (nSPS) is 15.8. The van der Waals surface area contributed by atoms with Gasteiger partial charge in [0.05, 0.1) is 6.04 Å². The molecule has 0 aliphatic carbocycles. The molecule has 3 N–H and O–H groups in total. The van der Waals surface area contributed by atoms with Crippen LogP contribution in [-0.4, -0.2) is 30.1 Å². The molecule has 0 saturated carbocycles. The Morgan fingerprint density at radius 3 is 2.87 bits per heavy atom. The van der Waals surface area contributed by atoms with Crippen molar-refractivity contribution in [2.24, 2.45) is 0 Å². The van der Waals surface area contributed by atoms with E-state index >= 15 is 0 Å². The zero-order chi connectivity index (χ0) is 10.8. The molecule has 80 valence electrons. The number of phenolic OH excluding ortho intramolecular Hbond substituents is 1. The summed E-state index contributed by atoms with van der Waals surface area (Å²) in [6.07, 6.45) is 0. The van der Waals surface area contributed by atoms with Crippen LogP contribution >= 0.6 is 0 Å². The summed E-state index contributed by atoms with van der Waals surface area (Å²) >= 11 is 0. The molecule has 1 aromatic rings. The second-order valence-electron chi connectivity index (χ2n) is 3.78. The lowest BCUT2D eigenvalue weighted by Gasteiger charge is -2.28. The number of rotatable bonds is 2. The van der Waals surface area contributed by atoms with Crippen molar-refractivity contribution in [3.8, 4) is 5.75 Å². The van der Waals surface area contributed by atoms with E-state index in [4.69, 9.17) is 0 Å². The number of hydrogen-bond donors (Lipinski definition) is 3. The Kier molecular flexibility index (Phi) is 2.60. The molecule has 4 heteroatoms. The van der Waals surface area contributed by atoms with Crippen molar-refractivity contribution in [3.05, 3.63) is 29.3 Å². The fourth-order valence-corrected chi connectivity index (χ4v) is 1.52. The first-order valence-corrected chi connectivity index (χ1v) is 4.98. The van der Waals surface area contributed by atoms with E-state index in [-0.39, 0.29) is 17.7 Å². The van der Waals surface area contributed by atoms with Gasteiger partial charge in [-0.25, -0.2) is 0 Å². The van der Waals surface area contributed by atoms with Crippen molar-refractivity contribution in [2.75, 3.05) is 13.1 Å². The Hall–Kier alpha value is -1.55.